The number of rotatable bonds is 10. The summed E-state index contributed by atoms with van der Waals surface area (Å²) < 4.78 is 45.2. The first-order chi connectivity index (χ1) is 19.9. The van der Waals surface area contributed by atoms with Crippen molar-refractivity contribution in [1.82, 2.24) is 0 Å². The van der Waals surface area contributed by atoms with Crippen molar-refractivity contribution in [3.05, 3.63) is 160 Å². The Balaban J connectivity index is 1.63. The summed E-state index contributed by atoms with van der Waals surface area (Å²) in [6.45, 7) is 0. The average Bonchev–Trinajstić information content (AvgIpc) is 3.80. The Labute approximate surface area is 274 Å². The molecule has 0 aliphatic rings. The van der Waals surface area contributed by atoms with Gasteiger partial charge in [-0.2, -0.15) is 0 Å². The third-order valence-electron chi connectivity index (χ3n) is 7.11. The van der Waals surface area contributed by atoms with Crippen molar-refractivity contribution in [2.45, 2.75) is 22.3 Å². The van der Waals surface area contributed by atoms with Crippen LogP contribution in [0.3, 0.4) is 0 Å². The van der Waals surface area contributed by atoms with Crippen LogP contribution in [0.25, 0.3) is 0 Å². The van der Waals surface area contributed by atoms with Gasteiger partial charge in [0.05, 0.1) is 24.4 Å². The van der Waals surface area contributed by atoms with E-state index < -0.39 is 32.2 Å². The van der Waals surface area contributed by atoms with Crippen LogP contribution in [-0.4, -0.2) is 8.42 Å². The van der Waals surface area contributed by atoms with E-state index in [2.05, 4.69) is 45.2 Å². The smallest absolute Gasteiger partial charge is 0.166 e. The van der Waals surface area contributed by atoms with Crippen LogP contribution in [0.1, 0.15) is 54.7 Å². The van der Waals surface area contributed by atoms with E-state index >= 15 is 8.42 Å². The van der Waals surface area contributed by atoms with Crippen LogP contribution in [0.4, 0.5) is 0 Å². The molecule has 208 valence electrons. The summed E-state index contributed by atoms with van der Waals surface area (Å²) >= 11 is 7.59. The number of thiophene rings is 2. The van der Waals surface area contributed by atoms with E-state index in [0.29, 0.717) is 11.5 Å². The van der Waals surface area contributed by atoms with E-state index in [1.807, 2.05) is 108 Å². The zero-order valence-corrected chi connectivity index (χ0v) is 28.2. The van der Waals surface area contributed by atoms with Crippen molar-refractivity contribution in [2.24, 2.45) is 0 Å². The van der Waals surface area contributed by atoms with E-state index in [1.54, 1.807) is 35.2 Å². The molecule has 0 fully saturated rings. The molecule has 4 heterocycles. The highest BCUT2D eigenvalue weighted by molar-refractivity contribution is 14.1. The third-order valence-corrected chi connectivity index (χ3v) is 13.0. The van der Waals surface area contributed by atoms with E-state index in [0.717, 1.165) is 28.0 Å². The van der Waals surface area contributed by atoms with Gasteiger partial charge in [0, 0.05) is 16.9 Å². The predicted octanol–water partition coefficient (Wildman–Crippen LogP) is 10.1. The lowest BCUT2D eigenvalue weighted by Gasteiger charge is -2.33. The van der Waals surface area contributed by atoms with Gasteiger partial charge in [0.15, 0.2) is 9.84 Å². The first-order valence-electron chi connectivity index (χ1n) is 12.8. The van der Waals surface area contributed by atoms with Gasteiger partial charge in [-0.1, -0.05) is 36.4 Å². The number of hydrogen-bond donors (Lipinski definition) is 0. The lowest BCUT2D eigenvalue weighted by Crippen LogP contribution is -2.30. The number of halogens is 2. The summed E-state index contributed by atoms with van der Waals surface area (Å²) in [6.07, 6.45) is 3.23. The lowest BCUT2D eigenvalue weighted by molar-refractivity contribution is 0.459. The Morgan fingerprint density at radius 1 is 0.561 bits per heavy atom. The van der Waals surface area contributed by atoms with Crippen molar-refractivity contribution < 1.29 is 17.3 Å². The molecule has 0 saturated carbocycles. The number of hydrogen-bond acceptors (Lipinski definition) is 6. The monoisotopic (exact) mass is 822 g/mol. The van der Waals surface area contributed by atoms with Gasteiger partial charge in [-0.25, -0.2) is 8.42 Å². The van der Waals surface area contributed by atoms with Gasteiger partial charge >= 0.3 is 0 Å². The highest BCUT2D eigenvalue weighted by Crippen LogP contribution is 2.53. The van der Waals surface area contributed by atoms with Gasteiger partial charge in [0.25, 0.3) is 0 Å². The molecule has 9 heteroatoms. The Bertz CT molecular complexity index is 1560. The highest BCUT2D eigenvalue weighted by Gasteiger charge is 2.48. The SMILES string of the molecule is O=S(=O)(C(c1ccc(I)cc1)C(c1ccco1)c1cccs1)C(c1ccc(I)cc1)C(c1ccco1)c1cccs1. The second kappa shape index (κ2) is 12.6. The minimum absolute atomic E-state index is 0.540. The molecule has 4 aromatic heterocycles. The maximum atomic E-state index is 15.6. The van der Waals surface area contributed by atoms with Crippen molar-refractivity contribution in [1.29, 1.82) is 0 Å². The fourth-order valence-corrected chi connectivity index (χ4v) is 10.7. The summed E-state index contributed by atoms with van der Waals surface area (Å²) in [5, 5.41) is 2.12. The molecule has 0 spiro atoms. The van der Waals surface area contributed by atoms with Gasteiger partial charge in [0.1, 0.15) is 22.0 Å². The zero-order valence-electron chi connectivity index (χ0n) is 21.5. The quantitative estimate of drug-likeness (QED) is 0.129. The van der Waals surface area contributed by atoms with E-state index in [4.69, 9.17) is 8.83 Å². The fraction of sp³-hybridized carbons (Fsp3) is 0.125. The standard InChI is InChI=1S/C32H24I2O4S3/c33-23-13-9-21(10-14-23)31(29(25-5-1-17-37-25)27-7-3-19-39-27)41(35,36)32(22-11-15-24(34)16-12-22)30(26-6-2-18-38-26)28-8-4-20-40-28/h1-20,29-32H. The Morgan fingerprint density at radius 2 is 0.976 bits per heavy atom. The molecule has 4 unspecified atom stereocenters. The molecule has 0 saturated heterocycles. The van der Waals surface area contributed by atoms with E-state index in [-0.39, 0.29) is 0 Å². The molecule has 41 heavy (non-hydrogen) atoms. The van der Waals surface area contributed by atoms with E-state index in [1.165, 1.54) is 0 Å². The summed E-state index contributed by atoms with van der Waals surface area (Å²) in [7, 11) is -4.01. The van der Waals surface area contributed by atoms with Crippen LogP contribution in [0.2, 0.25) is 0 Å². The van der Waals surface area contributed by atoms with Crippen molar-refractivity contribution in [3.63, 3.8) is 0 Å². The maximum absolute atomic E-state index is 15.6. The van der Waals surface area contributed by atoms with Gasteiger partial charge in [-0.3, -0.25) is 0 Å². The summed E-state index contributed by atoms with van der Waals surface area (Å²) in [5.41, 5.74) is 1.44. The zero-order chi connectivity index (χ0) is 28.4. The second-order valence-electron chi connectivity index (χ2n) is 9.55. The first-order valence-corrected chi connectivity index (χ1v) is 18.3. The Hall–Kier alpha value is -2.19. The van der Waals surface area contributed by atoms with E-state index in [9.17, 15) is 0 Å². The van der Waals surface area contributed by atoms with Crippen LogP contribution in [0.15, 0.2) is 129 Å². The van der Waals surface area contributed by atoms with Crippen LogP contribution in [-0.2, 0) is 9.84 Å². The number of furan rings is 2. The summed E-state index contributed by atoms with van der Waals surface area (Å²) in [6, 6.07) is 30.9. The summed E-state index contributed by atoms with van der Waals surface area (Å²) in [5.74, 6) is 0.155. The van der Waals surface area contributed by atoms with Crippen LogP contribution < -0.4 is 0 Å². The topological polar surface area (TPSA) is 60.4 Å². The third kappa shape index (κ3) is 6.01. The molecule has 0 aliphatic carbocycles. The molecular formula is C32H24I2O4S3. The molecule has 6 rings (SSSR count). The molecule has 2 aromatic carbocycles. The normalized spacial score (nSPS) is 14.9. The fourth-order valence-electron chi connectivity index (χ4n) is 5.36. The predicted molar refractivity (Wildman–Crippen MR) is 182 cm³/mol. The highest BCUT2D eigenvalue weighted by atomic mass is 127. The molecule has 0 bridgehead atoms. The molecule has 0 N–H and O–H groups in total. The second-order valence-corrected chi connectivity index (χ2v) is 16.2. The molecule has 4 nitrogen and oxygen atoms in total. The summed E-state index contributed by atoms with van der Waals surface area (Å²) in [4.78, 5) is 1.86. The lowest BCUT2D eigenvalue weighted by atomic mass is 9.94. The maximum Gasteiger partial charge on any atom is 0.166 e. The minimum Gasteiger partial charge on any atom is -0.469 e. The molecule has 4 atom stereocenters. The van der Waals surface area contributed by atoms with Crippen molar-refractivity contribution in [2.75, 3.05) is 0 Å². The van der Waals surface area contributed by atoms with Gasteiger partial charge in [-0.05, 0) is 128 Å². The van der Waals surface area contributed by atoms with Crippen LogP contribution >= 0.6 is 67.9 Å². The van der Waals surface area contributed by atoms with Crippen LogP contribution in [0.5, 0.6) is 0 Å². The molecule has 0 radical (unpaired) electrons. The first kappa shape index (κ1) is 28.9. The van der Waals surface area contributed by atoms with Gasteiger partial charge in [0.2, 0.25) is 0 Å². The molecule has 0 aliphatic heterocycles. The van der Waals surface area contributed by atoms with Crippen molar-refractivity contribution in [3.8, 4) is 0 Å². The number of benzene rings is 2. The largest absolute Gasteiger partial charge is 0.469 e. The van der Waals surface area contributed by atoms with Crippen molar-refractivity contribution >= 4 is 77.7 Å². The van der Waals surface area contributed by atoms with Crippen LogP contribution in [0, 0.1) is 7.14 Å². The molecular weight excluding hydrogens is 798 g/mol. The molecule has 6 aromatic rings. The minimum atomic E-state index is -4.01. The molecule has 0 amide bonds. The Kier molecular flexibility index (Phi) is 8.87. The number of sulfone groups is 1. The Morgan fingerprint density at radius 3 is 1.29 bits per heavy atom. The van der Waals surface area contributed by atoms with Gasteiger partial charge in [-0.15, -0.1) is 22.7 Å². The average molecular weight is 823 g/mol. The van der Waals surface area contributed by atoms with Gasteiger partial charge < -0.3 is 8.83 Å².